The Bertz CT molecular complexity index is 150. The van der Waals surface area contributed by atoms with Crippen LogP contribution in [-0.4, -0.2) is 23.4 Å². The van der Waals surface area contributed by atoms with Crippen LogP contribution in [-0.2, 0) is 9.53 Å². The van der Waals surface area contributed by atoms with Crippen molar-refractivity contribution in [1.82, 2.24) is 0 Å². The van der Waals surface area contributed by atoms with Crippen molar-refractivity contribution in [2.75, 3.05) is 11.9 Å². The molecule has 1 unspecified atom stereocenters. The van der Waals surface area contributed by atoms with Crippen LogP contribution in [0, 0.1) is 5.92 Å². The summed E-state index contributed by atoms with van der Waals surface area (Å²) in [6.07, 6.45) is 0. The van der Waals surface area contributed by atoms with E-state index < -0.39 is 5.60 Å². The van der Waals surface area contributed by atoms with Crippen molar-refractivity contribution in [1.29, 1.82) is 0 Å². The van der Waals surface area contributed by atoms with E-state index in [1.54, 1.807) is 0 Å². The first-order chi connectivity index (χ1) is 5.40. The van der Waals surface area contributed by atoms with Crippen molar-refractivity contribution in [3.8, 4) is 0 Å². The zero-order valence-corrected chi connectivity index (χ0v) is 9.35. The van der Waals surface area contributed by atoms with Crippen LogP contribution >= 0.6 is 15.9 Å². The fourth-order valence-electron chi connectivity index (χ4n) is 0.607. The first kappa shape index (κ1) is 11.9. The molecule has 0 aromatic heterocycles. The Hall–Kier alpha value is -0.0900. The van der Waals surface area contributed by atoms with Gasteiger partial charge in [-0.15, -0.1) is 0 Å². The zero-order chi connectivity index (χ0) is 9.78. The van der Waals surface area contributed by atoms with Gasteiger partial charge in [0, 0.05) is 11.9 Å². The number of nitrogens with two attached hydrogens (primary N) is 1. The highest BCUT2D eigenvalue weighted by atomic mass is 79.9. The fraction of sp³-hybridized carbons (Fsp3) is 0.875. The van der Waals surface area contributed by atoms with Gasteiger partial charge in [0.1, 0.15) is 5.60 Å². The SMILES string of the molecule is CC(C)(C)OC(=O)C(CN)CBr. The number of hydrogen-bond acceptors (Lipinski definition) is 3. The van der Waals surface area contributed by atoms with E-state index in [0.717, 1.165) is 0 Å². The quantitative estimate of drug-likeness (QED) is 0.595. The maximum absolute atomic E-state index is 11.3. The molecule has 0 amide bonds. The Morgan fingerprint density at radius 1 is 1.58 bits per heavy atom. The average molecular weight is 238 g/mol. The summed E-state index contributed by atoms with van der Waals surface area (Å²) in [4.78, 5) is 11.3. The summed E-state index contributed by atoms with van der Waals surface area (Å²) in [5.41, 5.74) is 4.95. The first-order valence-corrected chi connectivity index (χ1v) is 5.01. The van der Waals surface area contributed by atoms with Gasteiger partial charge in [-0.25, -0.2) is 0 Å². The molecule has 72 valence electrons. The number of ether oxygens (including phenoxy) is 1. The largest absolute Gasteiger partial charge is 0.460 e. The topological polar surface area (TPSA) is 52.3 Å². The van der Waals surface area contributed by atoms with Crippen LogP contribution in [0.5, 0.6) is 0 Å². The van der Waals surface area contributed by atoms with Crippen molar-refractivity contribution in [2.45, 2.75) is 26.4 Å². The van der Waals surface area contributed by atoms with Gasteiger partial charge >= 0.3 is 5.97 Å². The molecule has 0 aliphatic carbocycles. The van der Waals surface area contributed by atoms with Crippen LogP contribution in [0.4, 0.5) is 0 Å². The number of alkyl halides is 1. The predicted molar refractivity (Wildman–Crippen MR) is 52.2 cm³/mol. The Kier molecular flexibility index (Phi) is 4.78. The zero-order valence-electron chi connectivity index (χ0n) is 7.76. The lowest BCUT2D eigenvalue weighted by atomic mass is 10.1. The third-order valence-electron chi connectivity index (χ3n) is 1.21. The third kappa shape index (κ3) is 4.72. The lowest BCUT2D eigenvalue weighted by Gasteiger charge is -2.22. The molecule has 0 bridgehead atoms. The van der Waals surface area contributed by atoms with Gasteiger partial charge in [0.05, 0.1) is 5.92 Å². The minimum Gasteiger partial charge on any atom is -0.460 e. The van der Waals surface area contributed by atoms with E-state index in [9.17, 15) is 4.79 Å². The normalized spacial score (nSPS) is 14.1. The average Bonchev–Trinajstić information content (AvgIpc) is 1.85. The van der Waals surface area contributed by atoms with Crippen molar-refractivity contribution in [3.63, 3.8) is 0 Å². The minimum atomic E-state index is -0.424. The minimum absolute atomic E-state index is 0.232. The predicted octanol–water partition coefficient (Wildman–Crippen LogP) is 1.30. The number of carbonyl (C=O) groups is 1. The number of hydrogen-bond donors (Lipinski definition) is 1. The van der Waals surface area contributed by atoms with Crippen LogP contribution in [0.15, 0.2) is 0 Å². The Morgan fingerprint density at radius 3 is 2.33 bits per heavy atom. The van der Waals surface area contributed by atoms with Gasteiger partial charge in [-0.2, -0.15) is 0 Å². The number of carbonyl (C=O) groups excluding carboxylic acids is 1. The molecule has 0 aliphatic rings. The lowest BCUT2D eigenvalue weighted by molar-refractivity contribution is -0.158. The molecule has 0 rings (SSSR count). The molecule has 0 saturated carbocycles. The Labute approximate surface area is 81.8 Å². The molecular weight excluding hydrogens is 222 g/mol. The second-order valence-corrected chi connectivity index (χ2v) is 4.27. The molecule has 0 saturated heterocycles. The second kappa shape index (κ2) is 4.82. The fourth-order valence-corrected chi connectivity index (χ4v) is 1.14. The third-order valence-corrected chi connectivity index (χ3v) is 1.99. The van der Waals surface area contributed by atoms with Crippen molar-refractivity contribution in [2.24, 2.45) is 11.7 Å². The van der Waals surface area contributed by atoms with Crippen LogP contribution in [0.25, 0.3) is 0 Å². The molecule has 12 heavy (non-hydrogen) atoms. The molecule has 0 radical (unpaired) electrons. The molecule has 0 aromatic carbocycles. The van der Waals surface area contributed by atoms with Gasteiger partial charge in [0.15, 0.2) is 0 Å². The lowest BCUT2D eigenvalue weighted by Crippen LogP contribution is -2.33. The maximum Gasteiger partial charge on any atom is 0.311 e. The standard InChI is InChI=1S/C8H16BrNO2/c1-8(2,3)12-7(11)6(4-9)5-10/h6H,4-5,10H2,1-3H3. The van der Waals surface area contributed by atoms with E-state index in [2.05, 4.69) is 15.9 Å². The monoisotopic (exact) mass is 237 g/mol. The molecule has 0 aliphatic heterocycles. The molecule has 3 nitrogen and oxygen atoms in total. The van der Waals surface area contributed by atoms with Crippen molar-refractivity contribution < 1.29 is 9.53 Å². The summed E-state index contributed by atoms with van der Waals surface area (Å²) in [6, 6.07) is 0. The van der Waals surface area contributed by atoms with Gasteiger partial charge in [-0.3, -0.25) is 4.79 Å². The van der Waals surface area contributed by atoms with E-state index in [4.69, 9.17) is 10.5 Å². The van der Waals surface area contributed by atoms with Gasteiger partial charge in [-0.1, -0.05) is 15.9 Å². The van der Waals surface area contributed by atoms with E-state index >= 15 is 0 Å². The highest BCUT2D eigenvalue weighted by molar-refractivity contribution is 9.09. The molecule has 0 spiro atoms. The second-order valence-electron chi connectivity index (χ2n) is 3.62. The van der Waals surface area contributed by atoms with E-state index in [0.29, 0.717) is 11.9 Å². The highest BCUT2D eigenvalue weighted by Crippen LogP contribution is 2.11. The van der Waals surface area contributed by atoms with E-state index in [-0.39, 0.29) is 11.9 Å². The Balaban J connectivity index is 4.02. The highest BCUT2D eigenvalue weighted by Gasteiger charge is 2.22. The summed E-state index contributed by atoms with van der Waals surface area (Å²) in [5, 5.41) is 0.554. The van der Waals surface area contributed by atoms with E-state index in [1.165, 1.54) is 0 Å². The van der Waals surface area contributed by atoms with Crippen LogP contribution in [0.3, 0.4) is 0 Å². The summed E-state index contributed by atoms with van der Waals surface area (Å²) >= 11 is 3.20. The smallest absolute Gasteiger partial charge is 0.311 e. The summed E-state index contributed by atoms with van der Waals surface area (Å²) in [6.45, 7) is 5.84. The van der Waals surface area contributed by atoms with Gasteiger partial charge < -0.3 is 10.5 Å². The molecule has 0 aromatic rings. The van der Waals surface area contributed by atoms with Gasteiger partial charge in [0.2, 0.25) is 0 Å². The molecule has 1 atom stereocenters. The van der Waals surface area contributed by atoms with Gasteiger partial charge in [0.25, 0.3) is 0 Å². The number of esters is 1. The van der Waals surface area contributed by atoms with Crippen LogP contribution in [0.2, 0.25) is 0 Å². The Morgan fingerprint density at radius 2 is 2.08 bits per heavy atom. The summed E-state index contributed by atoms with van der Waals surface area (Å²) in [5.74, 6) is -0.467. The number of halogens is 1. The van der Waals surface area contributed by atoms with Crippen molar-refractivity contribution >= 4 is 21.9 Å². The first-order valence-electron chi connectivity index (χ1n) is 3.89. The van der Waals surface area contributed by atoms with Crippen LogP contribution in [0.1, 0.15) is 20.8 Å². The molecule has 4 heteroatoms. The molecule has 0 heterocycles. The van der Waals surface area contributed by atoms with Gasteiger partial charge in [-0.05, 0) is 20.8 Å². The molecule has 0 fully saturated rings. The summed E-state index contributed by atoms with van der Waals surface area (Å²) in [7, 11) is 0. The summed E-state index contributed by atoms with van der Waals surface area (Å²) < 4.78 is 5.13. The van der Waals surface area contributed by atoms with E-state index in [1.807, 2.05) is 20.8 Å². The number of rotatable bonds is 3. The molecule has 2 N–H and O–H groups in total. The maximum atomic E-state index is 11.3. The molecular formula is C8H16BrNO2. The van der Waals surface area contributed by atoms with Crippen molar-refractivity contribution in [3.05, 3.63) is 0 Å². The van der Waals surface area contributed by atoms with Crippen LogP contribution < -0.4 is 5.73 Å².